The summed E-state index contributed by atoms with van der Waals surface area (Å²) in [6, 6.07) is 7.56. The number of rotatable bonds is 4. The van der Waals surface area contributed by atoms with E-state index in [0.29, 0.717) is 5.75 Å². The monoisotopic (exact) mass is 164 g/mol. The average Bonchev–Trinajstić information content (AvgIpc) is 2.09. The van der Waals surface area contributed by atoms with Crippen molar-refractivity contribution in [3.63, 3.8) is 0 Å². The first-order valence-corrected chi connectivity index (χ1v) is 3.80. The van der Waals surface area contributed by atoms with Gasteiger partial charge in [0, 0.05) is 0 Å². The van der Waals surface area contributed by atoms with E-state index in [2.05, 4.69) is 6.58 Å². The van der Waals surface area contributed by atoms with Crippen molar-refractivity contribution in [2.45, 2.75) is 6.42 Å². The Morgan fingerprint density at radius 1 is 1.33 bits per heavy atom. The zero-order valence-electron chi connectivity index (χ0n) is 6.86. The number of ether oxygens (including phenoxy) is 1. The molecule has 1 aromatic rings. The highest BCUT2D eigenvalue weighted by molar-refractivity contribution is 5.28. The van der Waals surface area contributed by atoms with Gasteiger partial charge in [-0.15, -0.1) is 6.58 Å². The molecule has 0 amide bonds. The first-order chi connectivity index (χ1) is 5.86. The van der Waals surface area contributed by atoms with Crippen molar-refractivity contribution < 1.29 is 9.84 Å². The van der Waals surface area contributed by atoms with Gasteiger partial charge < -0.3 is 9.84 Å². The molecule has 0 aliphatic carbocycles. The molecule has 12 heavy (non-hydrogen) atoms. The quantitative estimate of drug-likeness (QED) is 0.542. The van der Waals surface area contributed by atoms with Crippen LogP contribution in [0.15, 0.2) is 36.9 Å². The molecule has 0 aromatic heterocycles. The van der Waals surface area contributed by atoms with Crippen molar-refractivity contribution >= 4 is 0 Å². The van der Waals surface area contributed by atoms with Gasteiger partial charge in [-0.05, 0) is 24.1 Å². The number of allylic oxidation sites excluding steroid dienone is 1. The SMILES string of the molecule is C=CCc1ccc(OCO)cc1. The minimum Gasteiger partial charge on any atom is -0.468 e. The summed E-state index contributed by atoms with van der Waals surface area (Å²) >= 11 is 0. The molecule has 0 radical (unpaired) electrons. The van der Waals surface area contributed by atoms with Gasteiger partial charge in [-0.25, -0.2) is 0 Å². The summed E-state index contributed by atoms with van der Waals surface area (Å²) in [6.45, 7) is 3.37. The molecule has 0 atom stereocenters. The Morgan fingerprint density at radius 3 is 2.50 bits per heavy atom. The maximum absolute atomic E-state index is 8.45. The van der Waals surface area contributed by atoms with Crippen molar-refractivity contribution in [3.05, 3.63) is 42.5 Å². The summed E-state index contributed by atoms with van der Waals surface area (Å²) in [6.07, 6.45) is 2.71. The molecule has 1 rings (SSSR count). The molecular weight excluding hydrogens is 152 g/mol. The Kier molecular flexibility index (Phi) is 3.35. The van der Waals surface area contributed by atoms with E-state index in [1.807, 2.05) is 30.3 Å². The molecule has 2 heteroatoms. The highest BCUT2D eigenvalue weighted by Gasteiger charge is 1.91. The summed E-state index contributed by atoms with van der Waals surface area (Å²) < 4.78 is 4.87. The largest absolute Gasteiger partial charge is 0.468 e. The second kappa shape index (κ2) is 4.57. The number of aliphatic hydroxyl groups excluding tert-OH is 1. The number of aliphatic hydroxyl groups is 1. The van der Waals surface area contributed by atoms with Crippen molar-refractivity contribution in [3.8, 4) is 5.75 Å². The summed E-state index contributed by atoms with van der Waals surface area (Å²) in [5.41, 5.74) is 1.19. The van der Waals surface area contributed by atoms with Crippen LogP contribution in [-0.2, 0) is 6.42 Å². The molecule has 1 aromatic carbocycles. The lowest BCUT2D eigenvalue weighted by Crippen LogP contribution is -1.94. The highest BCUT2D eigenvalue weighted by Crippen LogP contribution is 2.12. The number of benzene rings is 1. The van der Waals surface area contributed by atoms with E-state index >= 15 is 0 Å². The molecule has 0 bridgehead atoms. The average molecular weight is 164 g/mol. The molecule has 0 unspecified atom stereocenters. The van der Waals surface area contributed by atoms with Crippen LogP contribution in [0.4, 0.5) is 0 Å². The van der Waals surface area contributed by atoms with Crippen LogP contribution in [0.2, 0.25) is 0 Å². The molecule has 0 aliphatic rings. The molecule has 64 valence electrons. The predicted molar refractivity (Wildman–Crippen MR) is 48.1 cm³/mol. The third kappa shape index (κ3) is 2.40. The van der Waals surface area contributed by atoms with Crippen LogP contribution in [0.3, 0.4) is 0 Å². The van der Waals surface area contributed by atoms with E-state index in [-0.39, 0.29) is 6.79 Å². The number of hydrogen-bond donors (Lipinski definition) is 1. The lowest BCUT2D eigenvalue weighted by molar-refractivity contribution is 0.0985. The van der Waals surface area contributed by atoms with Gasteiger partial charge in [-0.2, -0.15) is 0 Å². The van der Waals surface area contributed by atoms with E-state index < -0.39 is 0 Å². The summed E-state index contributed by atoms with van der Waals surface area (Å²) in [5, 5.41) is 8.45. The fourth-order valence-corrected chi connectivity index (χ4v) is 0.963. The van der Waals surface area contributed by atoms with E-state index in [1.165, 1.54) is 5.56 Å². The second-order valence-electron chi connectivity index (χ2n) is 2.41. The Balaban J connectivity index is 2.64. The molecule has 0 spiro atoms. The van der Waals surface area contributed by atoms with E-state index in [1.54, 1.807) is 0 Å². The zero-order chi connectivity index (χ0) is 8.81. The number of hydrogen-bond acceptors (Lipinski definition) is 2. The molecule has 0 aliphatic heterocycles. The Bertz CT molecular complexity index is 239. The fourth-order valence-electron chi connectivity index (χ4n) is 0.963. The van der Waals surface area contributed by atoms with Gasteiger partial charge in [0.1, 0.15) is 5.75 Å². The van der Waals surface area contributed by atoms with Gasteiger partial charge in [0.05, 0.1) is 0 Å². The maximum atomic E-state index is 8.45. The van der Waals surface area contributed by atoms with Gasteiger partial charge in [0.25, 0.3) is 0 Å². The van der Waals surface area contributed by atoms with Crippen molar-refractivity contribution in [2.75, 3.05) is 6.79 Å². The van der Waals surface area contributed by atoms with Crippen molar-refractivity contribution in [1.82, 2.24) is 0 Å². The van der Waals surface area contributed by atoms with E-state index in [9.17, 15) is 0 Å². The lowest BCUT2D eigenvalue weighted by atomic mass is 10.1. The Morgan fingerprint density at radius 2 is 2.00 bits per heavy atom. The second-order valence-corrected chi connectivity index (χ2v) is 2.41. The van der Waals surface area contributed by atoms with Gasteiger partial charge in [0.2, 0.25) is 0 Å². The summed E-state index contributed by atoms with van der Waals surface area (Å²) in [5.74, 6) is 0.685. The molecule has 0 saturated carbocycles. The minimum atomic E-state index is -0.277. The normalized spacial score (nSPS) is 9.42. The first kappa shape index (κ1) is 8.81. The third-order valence-electron chi connectivity index (χ3n) is 1.53. The third-order valence-corrected chi connectivity index (χ3v) is 1.53. The topological polar surface area (TPSA) is 29.5 Å². The van der Waals surface area contributed by atoms with Gasteiger partial charge in [0.15, 0.2) is 6.79 Å². The molecule has 0 heterocycles. The molecule has 0 fully saturated rings. The van der Waals surface area contributed by atoms with Gasteiger partial charge in [-0.1, -0.05) is 18.2 Å². The first-order valence-electron chi connectivity index (χ1n) is 3.80. The minimum absolute atomic E-state index is 0.277. The molecular formula is C10H12O2. The Labute approximate surface area is 72.1 Å². The van der Waals surface area contributed by atoms with Gasteiger partial charge in [-0.3, -0.25) is 0 Å². The molecule has 1 N–H and O–H groups in total. The zero-order valence-corrected chi connectivity index (χ0v) is 6.86. The van der Waals surface area contributed by atoms with Crippen molar-refractivity contribution in [2.24, 2.45) is 0 Å². The van der Waals surface area contributed by atoms with Crippen LogP contribution in [0, 0.1) is 0 Å². The maximum Gasteiger partial charge on any atom is 0.186 e. The van der Waals surface area contributed by atoms with Gasteiger partial charge >= 0.3 is 0 Å². The predicted octanol–water partition coefficient (Wildman–Crippen LogP) is 1.74. The van der Waals surface area contributed by atoms with Crippen LogP contribution in [0.5, 0.6) is 5.75 Å². The standard InChI is InChI=1S/C10H12O2/c1-2-3-9-4-6-10(7-5-9)12-8-11/h2,4-7,11H,1,3,8H2. The van der Waals surface area contributed by atoms with Crippen LogP contribution >= 0.6 is 0 Å². The molecule has 2 nitrogen and oxygen atoms in total. The highest BCUT2D eigenvalue weighted by atomic mass is 16.6. The van der Waals surface area contributed by atoms with Crippen molar-refractivity contribution in [1.29, 1.82) is 0 Å². The van der Waals surface area contributed by atoms with E-state index in [0.717, 1.165) is 6.42 Å². The molecule has 0 saturated heterocycles. The lowest BCUT2D eigenvalue weighted by Gasteiger charge is -2.02. The van der Waals surface area contributed by atoms with Crippen LogP contribution < -0.4 is 4.74 Å². The van der Waals surface area contributed by atoms with E-state index in [4.69, 9.17) is 9.84 Å². The summed E-state index contributed by atoms with van der Waals surface area (Å²) in [7, 11) is 0. The smallest absolute Gasteiger partial charge is 0.186 e. The van der Waals surface area contributed by atoms with Crippen LogP contribution in [0.25, 0.3) is 0 Å². The fraction of sp³-hybridized carbons (Fsp3) is 0.200. The van der Waals surface area contributed by atoms with Crippen LogP contribution in [0.1, 0.15) is 5.56 Å². The Hall–Kier alpha value is -1.28. The summed E-state index contributed by atoms with van der Waals surface area (Å²) in [4.78, 5) is 0. The van der Waals surface area contributed by atoms with Crippen LogP contribution in [-0.4, -0.2) is 11.9 Å².